The monoisotopic (exact) mass is 197 g/mol. The highest BCUT2D eigenvalue weighted by Gasteiger charge is 1.99. The SMILES string of the molecule is CC.Cc1cc(CN(C)C)ccc1F. The van der Waals surface area contributed by atoms with Gasteiger partial charge in [0.15, 0.2) is 0 Å². The summed E-state index contributed by atoms with van der Waals surface area (Å²) in [5.74, 6) is -0.127. The van der Waals surface area contributed by atoms with Crippen LogP contribution in [0.3, 0.4) is 0 Å². The Balaban J connectivity index is 0.000000791. The van der Waals surface area contributed by atoms with Crippen molar-refractivity contribution in [2.75, 3.05) is 14.1 Å². The molecule has 1 aromatic carbocycles. The molecule has 0 aliphatic heterocycles. The van der Waals surface area contributed by atoms with E-state index in [0.29, 0.717) is 5.56 Å². The van der Waals surface area contributed by atoms with E-state index >= 15 is 0 Å². The second-order valence-corrected chi connectivity index (χ2v) is 3.32. The lowest BCUT2D eigenvalue weighted by Crippen LogP contribution is -2.10. The van der Waals surface area contributed by atoms with Crippen molar-refractivity contribution in [1.82, 2.24) is 4.90 Å². The minimum atomic E-state index is -0.127. The molecule has 0 spiro atoms. The molecule has 0 radical (unpaired) electrons. The van der Waals surface area contributed by atoms with Gasteiger partial charge in [0.25, 0.3) is 0 Å². The first-order valence-electron chi connectivity index (χ1n) is 4.99. The molecule has 0 bridgehead atoms. The first-order chi connectivity index (χ1) is 6.59. The van der Waals surface area contributed by atoms with Crippen molar-refractivity contribution >= 4 is 0 Å². The van der Waals surface area contributed by atoms with Crippen LogP contribution in [-0.4, -0.2) is 19.0 Å². The Labute approximate surface area is 86.6 Å². The van der Waals surface area contributed by atoms with E-state index in [1.54, 1.807) is 6.92 Å². The van der Waals surface area contributed by atoms with Gasteiger partial charge in [0.2, 0.25) is 0 Å². The number of hydrogen-bond donors (Lipinski definition) is 0. The maximum atomic E-state index is 12.8. The molecule has 0 N–H and O–H groups in total. The third-order valence-electron chi connectivity index (χ3n) is 1.72. The van der Waals surface area contributed by atoms with E-state index in [0.717, 1.165) is 12.1 Å². The molecule has 0 fully saturated rings. The molecule has 0 heterocycles. The molecule has 0 amide bonds. The molecule has 0 saturated heterocycles. The molecule has 0 aliphatic rings. The van der Waals surface area contributed by atoms with Gasteiger partial charge >= 0.3 is 0 Å². The van der Waals surface area contributed by atoms with E-state index < -0.39 is 0 Å². The van der Waals surface area contributed by atoms with Gasteiger partial charge in [0.1, 0.15) is 5.82 Å². The van der Waals surface area contributed by atoms with Crippen LogP contribution in [0.5, 0.6) is 0 Å². The zero-order valence-electron chi connectivity index (χ0n) is 9.76. The number of benzene rings is 1. The molecular weight excluding hydrogens is 177 g/mol. The quantitative estimate of drug-likeness (QED) is 0.703. The Hall–Kier alpha value is -0.890. The van der Waals surface area contributed by atoms with Crippen molar-refractivity contribution in [2.24, 2.45) is 0 Å². The van der Waals surface area contributed by atoms with Crippen LogP contribution in [0.15, 0.2) is 18.2 Å². The van der Waals surface area contributed by atoms with Crippen LogP contribution in [0, 0.1) is 12.7 Å². The van der Waals surface area contributed by atoms with Crippen molar-refractivity contribution in [2.45, 2.75) is 27.3 Å². The van der Waals surface area contributed by atoms with Crippen molar-refractivity contribution in [3.63, 3.8) is 0 Å². The second-order valence-electron chi connectivity index (χ2n) is 3.32. The van der Waals surface area contributed by atoms with Gasteiger partial charge in [0.05, 0.1) is 0 Å². The maximum absolute atomic E-state index is 12.8. The Kier molecular flexibility index (Phi) is 6.13. The normalized spacial score (nSPS) is 9.64. The fourth-order valence-electron chi connectivity index (χ4n) is 1.17. The van der Waals surface area contributed by atoms with Crippen molar-refractivity contribution in [3.8, 4) is 0 Å². The number of aryl methyl sites for hydroxylation is 1. The van der Waals surface area contributed by atoms with Gasteiger partial charge in [0, 0.05) is 6.54 Å². The Morgan fingerprint density at radius 2 is 1.79 bits per heavy atom. The average Bonchev–Trinajstić information content (AvgIpc) is 2.14. The van der Waals surface area contributed by atoms with Gasteiger partial charge in [-0.25, -0.2) is 4.39 Å². The Morgan fingerprint density at radius 1 is 1.21 bits per heavy atom. The first-order valence-corrected chi connectivity index (χ1v) is 4.99. The molecule has 1 nitrogen and oxygen atoms in total. The molecule has 0 aliphatic carbocycles. The lowest BCUT2D eigenvalue weighted by molar-refractivity contribution is 0.402. The maximum Gasteiger partial charge on any atom is 0.126 e. The fraction of sp³-hybridized carbons (Fsp3) is 0.500. The number of halogens is 1. The summed E-state index contributed by atoms with van der Waals surface area (Å²) in [4.78, 5) is 2.06. The molecule has 80 valence electrons. The zero-order chi connectivity index (χ0) is 11.1. The highest BCUT2D eigenvalue weighted by molar-refractivity contribution is 5.23. The fourth-order valence-corrected chi connectivity index (χ4v) is 1.17. The van der Waals surface area contributed by atoms with Crippen LogP contribution in [0.1, 0.15) is 25.0 Å². The number of hydrogen-bond acceptors (Lipinski definition) is 1. The van der Waals surface area contributed by atoms with Crippen LogP contribution in [0.4, 0.5) is 4.39 Å². The second kappa shape index (κ2) is 6.55. The average molecular weight is 197 g/mol. The van der Waals surface area contributed by atoms with Gasteiger partial charge in [-0.1, -0.05) is 26.0 Å². The van der Waals surface area contributed by atoms with Crippen LogP contribution in [0.25, 0.3) is 0 Å². The van der Waals surface area contributed by atoms with Gasteiger partial charge in [-0.15, -0.1) is 0 Å². The zero-order valence-corrected chi connectivity index (χ0v) is 9.76. The third-order valence-corrected chi connectivity index (χ3v) is 1.72. The summed E-state index contributed by atoms with van der Waals surface area (Å²) < 4.78 is 12.8. The van der Waals surface area contributed by atoms with E-state index in [4.69, 9.17) is 0 Å². The van der Waals surface area contributed by atoms with Gasteiger partial charge in [-0.2, -0.15) is 0 Å². The summed E-state index contributed by atoms with van der Waals surface area (Å²) in [6, 6.07) is 5.23. The van der Waals surface area contributed by atoms with Crippen molar-refractivity contribution in [3.05, 3.63) is 35.1 Å². The molecule has 2 heteroatoms. The predicted molar refractivity (Wildman–Crippen MR) is 59.9 cm³/mol. The van der Waals surface area contributed by atoms with Crippen LogP contribution < -0.4 is 0 Å². The lowest BCUT2D eigenvalue weighted by Gasteiger charge is -2.09. The lowest BCUT2D eigenvalue weighted by atomic mass is 10.1. The third kappa shape index (κ3) is 4.38. The van der Waals surface area contributed by atoms with Gasteiger partial charge in [-0.05, 0) is 38.2 Å². The van der Waals surface area contributed by atoms with Gasteiger partial charge in [-0.3, -0.25) is 0 Å². The van der Waals surface area contributed by atoms with E-state index in [1.807, 2.05) is 40.1 Å². The summed E-state index contributed by atoms with van der Waals surface area (Å²) >= 11 is 0. The van der Waals surface area contributed by atoms with Crippen LogP contribution in [0.2, 0.25) is 0 Å². The molecule has 0 aromatic heterocycles. The highest BCUT2D eigenvalue weighted by Crippen LogP contribution is 2.09. The molecule has 14 heavy (non-hydrogen) atoms. The summed E-state index contributed by atoms with van der Waals surface area (Å²) in [7, 11) is 4.00. The van der Waals surface area contributed by atoms with E-state index in [-0.39, 0.29) is 5.82 Å². The van der Waals surface area contributed by atoms with E-state index in [9.17, 15) is 4.39 Å². The molecule has 1 aromatic rings. The summed E-state index contributed by atoms with van der Waals surface area (Å²) in [6.45, 7) is 6.65. The topological polar surface area (TPSA) is 3.24 Å². The summed E-state index contributed by atoms with van der Waals surface area (Å²) in [5, 5.41) is 0. The summed E-state index contributed by atoms with van der Waals surface area (Å²) in [6.07, 6.45) is 0. The largest absolute Gasteiger partial charge is 0.305 e. The molecule has 0 atom stereocenters. The smallest absolute Gasteiger partial charge is 0.126 e. The standard InChI is InChI=1S/C10H14FN.C2H6/c1-8-6-9(7-12(2)3)4-5-10(8)11;1-2/h4-6H,7H2,1-3H3;1-2H3. The first kappa shape index (κ1) is 13.1. The highest BCUT2D eigenvalue weighted by atomic mass is 19.1. The van der Waals surface area contributed by atoms with Crippen LogP contribution >= 0.6 is 0 Å². The van der Waals surface area contributed by atoms with Crippen LogP contribution in [-0.2, 0) is 6.54 Å². The predicted octanol–water partition coefficient (Wildman–Crippen LogP) is 3.22. The van der Waals surface area contributed by atoms with Gasteiger partial charge < -0.3 is 4.90 Å². The van der Waals surface area contributed by atoms with E-state index in [2.05, 4.69) is 4.90 Å². The number of rotatable bonds is 2. The van der Waals surface area contributed by atoms with Crippen molar-refractivity contribution < 1.29 is 4.39 Å². The number of nitrogens with zero attached hydrogens (tertiary/aromatic N) is 1. The molecule has 0 unspecified atom stereocenters. The van der Waals surface area contributed by atoms with Crippen molar-refractivity contribution in [1.29, 1.82) is 0 Å². The van der Waals surface area contributed by atoms with E-state index in [1.165, 1.54) is 6.07 Å². The summed E-state index contributed by atoms with van der Waals surface area (Å²) in [5.41, 5.74) is 1.87. The minimum absolute atomic E-state index is 0.127. The molecule has 0 saturated carbocycles. The minimum Gasteiger partial charge on any atom is -0.305 e. The molecular formula is C12H20FN. The Bertz CT molecular complexity index is 269. The Morgan fingerprint density at radius 3 is 2.21 bits per heavy atom. The molecule has 1 rings (SSSR count).